The first kappa shape index (κ1) is 17.4. The lowest BCUT2D eigenvalue weighted by molar-refractivity contribution is -0.116. The van der Waals surface area contributed by atoms with Gasteiger partial charge < -0.3 is 4.90 Å². The number of pyridine rings is 1. The predicted molar refractivity (Wildman–Crippen MR) is 109 cm³/mol. The van der Waals surface area contributed by atoms with Crippen LogP contribution in [0.15, 0.2) is 53.9 Å². The molecule has 1 atom stereocenters. The fourth-order valence-electron chi connectivity index (χ4n) is 3.87. The summed E-state index contributed by atoms with van der Waals surface area (Å²) >= 11 is 1.48. The minimum Gasteiger partial charge on any atom is -0.308 e. The van der Waals surface area contributed by atoms with Crippen molar-refractivity contribution in [3.63, 3.8) is 0 Å². The monoisotopic (exact) mass is 391 g/mol. The lowest BCUT2D eigenvalue weighted by Gasteiger charge is -2.22. The van der Waals surface area contributed by atoms with E-state index in [-0.39, 0.29) is 11.9 Å². The molecule has 3 heterocycles. The molecule has 1 aliphatic heterocycles. The van der Waals surface area contributed by atoms with E-state index in [0.717, 1.165) is 41.5 Å². The minimum absolute atomic E-state index is 0.121. The number of rotatable bonds is 5. The molecule has 5 rings (SSSR count). The van der Waals surface area contributed by atoms with E-state index in [1.165, 1.54) is 17.3 Å². The molecule has 3 aromatic rings. The van der Waals surface area contributed by atoms with Gasteiger partial charge in [0.25, 0.3) is 0 Å². The summed E-state index contributed by atoms with van der Waals surface area (Å²) in [6.45, 7) is 2.11. The Hall–Kier alpha value is -2.67. The second-order valence-electron chi connectivity index (χ2n) is 7.38. The van der Waals surface area contributed by atoms with Crippen LogP contribution in [0.4, 0.5) is 5.69 Å². The van der Waals surface area contributed by atoms with Crippen LogP contribution in [0.3, 0.4) is 0 Å². The van der Waals surface area contributed by atoms with E-state index in [9.17, 15) is 4.79 Å². The first-order valence-corrected chi connectivity index (χ1v) is 10.6. The van der Waals surface area contributed by atoms with E-state index in [0.29, 0.717) is 11.8 Å². The van der Waals surface area contributed by atoms with Crippen LogP contribution >= 0.6 is 11.8 Å². The average molecular weight is 392 g/mol. The van der Waals surface area contributed by atoms with Crippen LogP contribution in [0, 0.1) is 0 Å². The number of hydrogen-bond donors (Lipinski definition) is 0. The highest BCUT2D eigenvalue weighted by Gasteiger charge is 2.33. The van der Waals surface area contributed by atoms with Gasteiger partial charge in [-0.3, -0.25) is 14.3 Å². The number of nitrogens with zero attached hydrogens (tertiary/aromatic N) is 5. The standard InChI is InChI=1S/C21H21N5OS/c1-14-11-15-5-2-3-7-18(15)25(14)19(27)13-28-21-24-23-20(26(21)17-8-9-17)16-6-4-10-22-12-16/h2-7,10,12,14,17H,8-9,11,13H2,1H3/t14-/m1/s1. The number of para-hydroxylation sites is 1. The molecule has 1 aromatic carbocycles. The predicted octanol–water partition coefficient (Wildman–Crippen LogP) is 3.74. The van der Waals surface area contributed by atoms with E-state index in [1.54, 1.807) is 6.20 Å². The van der Waals surface area contributed by atoms with Crippen molar-refractivity contribution in [2.45, 2.75) is 43.4 Å². The molecular weight excluding hydrogens is 370 g/mol. The number of carbonyl (C=O) groups excluding carboxylic acids is 1. The van der Waals surface area contributed by atoms with Crippen molar-refractivity contribution < 1.29 is 4.79 Å². The largest absolute Gasteiger partial charge is 0.308 e. The molecule has 0 spiro atoms. The van der Waals surface area contributed by atoms with Crippen molar-refractivity contribution in [3.05, 3.63) is 54.4 Å². The van der Waals surface area contributed by atoms with Gasteiger partial charge in [-0.1, -0.05) is 30.0 Å². The van der Waals surface area contributed by atoms with Gasteiger partial charge in [0.05, 0.1) is 5.75 Å². The van der Waals surface area contributed by atoms with E-state index in [4.69, 9.17) is 0 Å². The van der Waals surface area contributed by atoms with E-state index in [1.807, 2.05) is 41.4 Å². The Labute approximate surface area is 168 Å². The van der Waals surface area contributed by atoms with Gasteiger partial charge in [0.15, 0.2) is 11.0 Å². The zero-order valence-corrected chi connectivity index (χ0v) is 16.5. The summed E-state index contributed by atoms with van der Waals surface area (Å²) in [7, 11) is 0. The molecule has 142 valence electrons. The molecule has 1 amide bonds. The molecule has 0 radical (unpaired) electrons. The molecule has 6 nitrogen and oxygen atoms in total. The summed E-state index contributed by atoms with van der Waals surface area (Å²) in [4.78, 5) is 19.1. The number of thioether (sulfide) groups is 1. The molecule has 1 aliphatic carbocycles. The summed E-state index contributed by atoms with van der Waals surface area (Å²) in [5.74, 6) is 1.32. The third-order valence-corrected chi connectivity index (χ3v) is 6.22. The molecule has 2 aromatic heterocycles. The highest BCUT2D eigenvalue weighted by molar-refractivity contribution is 7.99. The topological polar surface area (TPSA) is 63.9 Å². The lowest BCUT2D eigenvalue weighted by atomic mass is 10.1. The maximum absolute atomic E-state index is 13.0. The summed E-state index contributed by atoms with van der Waals surface area (Å²) in [5.41, 5.74) is 3.25. The number of benzene rings is 1. The smallest absolute Gasteiger partial charge is 0.237 e. The van der Waals surface area contributed by atoms with Gasteiger partial charge in [0, 0.05) is 35.7 Å². The van der Waals surface area contributed by atoms with Crippen molar-refractivity contribution in [3.8, 4) is 11.4 Å². The Bertz CT molecular complexity index is 1010. The van der Waals surface area contributed by atoms with Crippen LogP contribution in [0.5, 0.6) is 0 Å². The quantitative estimate of drug-likeness (QED) is 0.620. The molecular formula is C21H21N5OS. The first-order chi connectivity index (χ1) is 13.7. The van der Waals surface area contributed by atoms with E-state index in [2.05, 4.69) is 32.7 Å². The summed E-state index contributed by atoms with van der Waals surface area (Å²) in [5, 5.41) is 9.61. The molecule has 7 heteroatoms. The van der Waals surface area contributed by atoms with E-state index >= 15 is 0 Å². The Morgan fingerprint density at radius 2 is 2.04 bits per heavy atom. The molecule has 0 saturated heterocycles. The van der Waals surface area contributed by atoms with Crippen molar-refractivity contribution in [2.75, 3.05) is 10.7 Å². The second kappa shape index (κ2) is 7.05. The van der Waals surface area contributed by atoms with Crippen LogP contribution in [-0.2, 0) is 11.2 Å². The first-order valence-electron chi connectivity index (χ1n) is 9.60. The summed E-state index contributed by atoms with van der Waals surface area (Å²) < 4.78 is 2.18. The van der Waals surface area contributed by atoms with Crippen LogP contribution in [0.1, 0.15) is 31.4 Å². The maximum Gasteiger partial charge on any atom is 0.237 e. The van der Waals surface area contributed by atoms with Crippen molar-refractivity contribution >= 4 is 23.4 Å². The Morgan fingerprint density at radius 1 is 1.18 bits per heavy atom. The maximum atomic E-state index is 13.0. The zero-order chi connectivity index (χ0) is 19.1. The fraction of sp³-hybridized carbons (Fsp3) is 0.333. The van der Waals surface area contributed by atoms with Crippen molar-refractivity contribution in [1.29, 1.82) is 0 Å². The van der Waals surface area contributed by atoms with Crippen LogP contribution in [-0.4, -0.2) is 37.5 Å². The molecule has 2 aliphatic rings. The third kappa shape index (κ3) is 3.09. The Morgan fingerprint density at radius 3 is 2.82 bits per heavy atom. The highest BCUT2D eigenvalue weighted by atomic mass is 32.2. The lowest BCUT2D eigenvalue weighted by Crippen LogP contribution is -2.37. The number of aromatic nitrogens is 4. The van der Waals surface area contributed by atoms with Gasteiger partial charge in [0.2, 0.25) is 5.91 Å². The van der Waals surface area contributed by atoms with Gasteiger partial charge in [-0.15, -0.1) is 10.2 Å². The van der Waals surface area contributed by atoms with Gasteiger partial charge >= 0.3 is 0 Å². The van der Waals surface area contributed by atoms with Gasteiger partial charge in [-0.2, -0.15) is 0 Å². The Kier molecular flexibility index (Phi) is 4.39. The van der Waals surface area contributed by atoms with Crippen LogP contribution < -0.4 is 4.90 Å². The average Bonchev–Trinajstić information content (AvgIpc) is 3.37. The van der Waals surface area contributed by atoms with Gasteiger partial charge in [-0.25, -0.2) is 0 Å². The SMILES string of the molecule is C[C@@H]1Cc2ccccc2N1C(=O)CSc1nnc(-c2cccnc2)n1C1CC1. The molecule has 1 saturated carbocycles. The zero-order valence-electron chi connectivity index (χ0n) is 15.7. The van der Waals surface area contributed by atoms with Gasteiger partial charge in [0.1, 0.15) is 0 Å². The fourth-order valence-corrected chi connectivity index (χ4v) is 4.74. The molecule has 0 bridgehead atoms. The number of fused-ring (bicyclic) bond motifs is 1. The molecule has 28 heavy (non-hydrogen) atoms. The summed E-state index contributed by atoms with van der Waals surface area (Å²) in [6, 6.07) is 12.7. The third-order valence-electron chi connectivity index (χ3n) is 5.30. The normalized spacial score (nSPS) is 18.3. The minimum atomic E-state index is 0.121. The highest BCUT2D eigenvalue weighted by Crippen LogP contribution is 2.41. The molecule has 1 fully saturated rings. The van der Waals surface area contributed by atoms with Crippen LogP contribution in [0.2, 0.25) is 0 Å². The van der Waals surface area contributed by atoms with Crippen LogP contribution in [0.25, 0.3) is 11.4 Å². The van der Waals surface area contributed by atoms with Crippen molar-refractivity contribution in [1.82, 2.24) is 19.7 Å². The summed E-state index contributed by atoms with van der Waals surface area (Å²) in [6.07, 6.45) is 6.73. The Balaban J connectivity index is 1.36. The van der Waals surface area contributed by atoms with Crippen molar-refractivity contribution in [2.24, 2.45) is 0 Å². The number of hydrogen-bond acceptors (Lipinski definition) is 5. The number of amides is 1. The molecule has 0 N–H and O–H groups in total. The van der Waals surface area contributed by atoms with E-state index < -0.39 is 0 Å². The number of anilines is 1. The second-order valence-corrected chi connectivity index (χ2v) is 8.33. The van der Waals surface area contributed by atoms with Gasteiger partial charge in [-0.05, 0) is 49.9 Å². The number of carbonyl (C=O) groups is 1. The molecule has 0 unspecified atom stereocenters.